The van der Waals surface area contributed by atoms with Crippen molar-refractivity contribution in [1.29, 1.82) is 0 Å². The Labute approximate surface area is 128 Å². The van der Waals surface area contributed by atoms with Gasteiger partial charge in [0.15, 0.2) is 0 Å². The van der Waals surface area contributed by atoms with Gasteiger partial charge in [0.1, 0.15) is 5.75 Å². The molecule has 1 heterocycles. The van der Waals surface area contributed by atoms with Gasteiger partial charge < -0.3 is 9.64 Å². The average Bonchev–Trinajstić information content (AvgIpc) is 2.45. The molecular formula is C14H21BrN2OS. The van der Waals surface area contributed by atoms with E-state index in [1.807, 2.05) is 0 Å². The average molecular weight is 345 g/mol. The maximum Gasteiger partial charge on any atom is 0.134 e. The number of methoxy groups -OCH3 is 1. The maximum absolute atomic E-state index is 5.41. The van der Waals surface area contributed by atoms with E-state index in [0.29, 0.717) is 0 Å². The van der Waals surface area contributed by atoms with E-state index in [4.69, 9.17) is 4.74 Å². The molecule has 0 unspecified atom stereocenters. The predicted molar refractivity (Wildman–Crippen MR) is 86.3 cm³/mol. The van der Waals surface area contributed by atoms with E-state index in [1.165, 1.54) is 10.6 Å². The summed E-state index contributed by atoms with van der Waals surface area (Å²) < 4.78 is 8.69. The third kappa shape index (κ3) is 3.20. The Morgan fingerprint density at radius 1 is 1.26 bits per heavy atom. The van der Waals surface area contributed by atoms with Gasteiger partial charge in [-0.3, -0.25) is 0 Å². The van der Waals surface area contributed by atoms with Crippen molar-refractivity contribution in [3.05, 3.63) is 16.6 Å². The van der Waals surface area contributed by atoms with Gasteiger partial charge in [0.05, 0.1) is 22.2 Å². The first-order chi connectivity index (χ1) is 8.82. The zero-order valence-corrected chi connectivity index (χ0v) is 14.6. The van der Waals surface area contributed by atoms with Crippen molar-refractivity contribution in [3.8, 4) is 5.75 Å². The van der Waals surface area contributed by atoms with Gasteiger partial charge in [-0.2, -0.15) is 0 Å². The molecule has 0 atom stereocenters. The Morgan fingerprint density at radius 3 is 2.53 bits per heavy atom. The van der Waals surface area contributed by atoms with Crippen LogP contribution in [0.3, 0.4) is 0 Å². The molecular weight excluding hydrogens is 324 g/mol. The number of hydrogen-bond acceptors (Lipinski definition) is 4. The molecule has 1 aliphatic heterocycles. The number of anilines is 1. The zero-order valence-electron chi connectivity index (χ0n) is 12.2. The lowest BCUT2D eigenvalue weighted by Gasteiger charge is -2.37. The van der Waals surface area contributed by atoms with Gasteiger partial charge in [-0.1, -0.05) is 0 Å². The standard InChI is InChI=1S/C14H21BrN2OS/c1-14(2,3)17-7-6-16(4)19-13-9-12(18-5)10(15)8-11(13)17/h8-9H,6-7H2,1-5H3. The number of rotatable bonds is 1. The number of ether oxygens (including phenoxy) is 1. The lowest BCUT2D eigenvalue weighted by atomic mass is 10.0. The molecule has 0 radical (unpaired) electrons. The zero-order chi connectivity index (χ0) is 14.2. The van der Waals surface area contributed by atoms with Crippen LogP contribution in [0.2, 0.25) is 0 Å². The highest BCUT2D eigenvalue weighted by Crippen LogP contribution is 2.42. The van der Waals surface area contributed by atoms with E-state index in [-0.39, 0.29) is 5.54 Å². The lowest BCUT2D eigenvalue weighted by molar-refractivity contribution is 0.410. The van der Waals surface area contributed by atoms with E-state index < -0.39 is 0 Å². The molecule has 106 valence electrons. The largest absolute Gasteiger partial charge is 0.496 e. The maximum atomic E-state index is 5.41. The summed E-state index contributed by atoms with van der Waals surface area (Å²) in [6.07, 6.45) is 0. The molecule has 0 saturated carbocycles. The van der Waals surface area contributed by atoms with E-state index in [2.05, 4.69) is 65.1 Å². The molecule has 3 nitrogen and oxygen atoms in total. The summed E-state index contributed by atoms with van der Waals surface area (Å²) in [6.45, 7) is 8.83. The summed E-state index contributed by atoms with van der Waals surface area (Å²) >= 11 is 5.38. The fourth-order valence-corrected chi connectivity index (χ4v) is 3.66. The highest BCUT2D eigenvalue weighted by atomic mass is 79.9. The first-order valence-corrected chi connectivity index (χ1v) is 7.94. The van der Waals surface area contributed by atoms with Crippen molar-refractivity contribution in [2.75, 3.05) is 32.1 Å². The quantitative estimate of drug-likeness (QED) is 0.714. The van der Waals surface area contributed by atoms with E-state index >= 15 is 0 Å². The van der Waals surface area contributed by atoms with Crippen molar-refractivity contribution >= 4 is 33.6 Å². The van der Waals surface area contributed by atoms with Crippen molar-refractivity contribution in [3.63, 3.8) is 0 Å². The van der Waals surface area contributed by atoms with Crippen LogP contribution in [0.15, 0.2) is 21.5 Å². The third-order valence-corrected chi connectivity index (χ3v) is 4.86. The van der Waals surface area contributed by atoms with Crippen LogP contribution in [0.25, 0.3) is 0 Å². The number of benzene rings is 1. The Balaban J connectivity index is 2.54. The van der Waals surface area contributed by atoms with Gasteiger partial charge in [-0.25, -0.2) is 4.31 Å². The molecule has 0 bridgehead atoms. The second-order valence-corrected chi connectivity index (χ2v) is 7.82. The summed E-state index contributed by atoms with van der Waals surface area (Å²) in [5.41, 5.74) is 1.38. The molecule has 0 N–H and O–H groups in total. The first kappa shape index (κ1) is 15.0. The van der Waals surface area contributed by atoms with Crippen LogP contribution in [-0.4, -0.2) is 37.1 Å². The lowest BCUT2D eigenvalue weighted by Crippen LogP contribution is -2.43. The minimum atomic E-state index is 0.106. The fraction of sp³-hybridized carbons (Fsp3) is 0.571. The number of fused-ring (bicyclic) bond motifs is 1. The second kappa shape index (κ2) is 5.54. The minimum Gasteiger partial charge on any atom is -0.496 e. The summed E-state index contributed by atoms with van der Waals surface area (Å²) in [4.78, 5) is 3.71. The second-order valence-electron chi connectivity index (χ2n) is 5.72. The smallest absolute Gasteiger partial charge is 0.134 e. The molecule has 0 amide bonds. The molecule has 1 aromatic rings. The number of likely N-dealkylation sites (N-methyl/N-ethyl adjacent to an activating group) is 1. The van der Waals surface area contributed by atoms with Crippen LogP contribution in [0.4, 0.5) is 5.69 Å². The highest BCUT2D eigenvalue weighted by Gasteiger charge is 2.28. The summed E-state index contributed by atoms with van der Waals surface area (Å²) in [5, 5.41) is 0. The normalized spacial score (nSPS) is 17.1. The van der Waals surface area contributed by atoms with E-state index in [9.17, 15) is 0 Å². The SMILES string of the molecule is COc1cc2c(cc1Br)N(C(C)(C)C)CCN(C)S2. The van der Waals surface area contributed by atoms with E-state index in [0.717, 1.165) is 23.3 Å². The summed E-state index contributed by atoms with van der Waals surface area (Å²) in [5.74, 6) is 0.885. The number of nitrogens with zero attached hydrogens (tertiary/aromatic N) is 2. The van der Waals surface area contributed by atoms with Crippen molar-refractivity contribution in [2.24, 2.45) is 0 Å². The fourth-order valence-electron chi connectivity index (χ4n) is 2.24. The van der Waals surface area contributed by atoms with Gasteiger partial charge in [0.2, 0.25) is 0 Å². The Kier molecular flexibility index (Phi) is 4.38. The molecule has 5 heteroatoms. The van der Waals surface area contributed by atoms with Crippen molar-refractivity contribution in [2.45, 2.75) is 31.2 Å². The predicted octanol–water partition coefficient (Wildman–Crippen LogP) is 4.02. The van der Waals surface area contributed by atoms with Crippen LogP contribution < -0.4 is 9.64 Å². The number of halogens is 1. The summed E-state index contributed by atoms with van der Waals surface area (Å²) in [7, 11) is 3.84. The summed E-state index contributed by atoms with van der Waals surface area (Å²) in [6, 6.07) is 4.29. The molecule has 1 aromatic carbocycles. The van der Waals surface area contributed by atoms with Crippen LogP contribution in [0, 0.1) is 0 Å². The topological polar surface area (TPSA) is 15.7 Å². The van der Waals surface area contributed by atoms with Crippen LogP contribution in [0.5, 0.6) is 5.75 Å². The molecule has 1 aliphatic rings. The molecule has 0 aromatic heterocycles. The Hall–Kier alpha value is -0.390. The molecule has 2 rings (SSSR count). The van der Waals surface area contributed by atoms with Crippen LogP contribution in [0.1, 0.15) is 20.8 Å². The molecule has 19 heavy (non-hydrogen) atoms. The van der Waals surface area contributed by atoms with Crippen LogP contribution in [-0.2, 0) is 0 Å². The Bertz CT molecular complexity index is 473. The minimum absolute atomic E-state index is 0.106. The first-order valence-electron chi connectivity index (χ1n) is 6.37. The van der Waals surface area contributed by atoms with Crippen molar-refractivity contribution in [1.82, 2.24) is 4.31 Å². The van der Waals surface area contributed by atoms with E-state index in [1.54, 1.807) is 19.1 Å². The van der Waals surface area contributed by atoms with Crippen LogP contribution >= 0.6 is 27.9 Å². The molecule has 0 aliphatic carbocycles. The monoisotopic (exact) mass is 344 g/mol. The number of hydrogen-bond donors (Lipinski definition) is 0. The van der Waals surface area contributed by atoms with Crippen molar-refractivity contribution < 1.29 is 4.74 Å². The molecule has 0 fully saturated rings. The molecule has 0 spiro atoms. The molecule has 0 saturated heterocycles. The van der Waals surface area contributed by atoms with Gasteiger partial charge in [-0.05, 0) is 67.8 Å². The Morgan fingerprint density at radius 2 is 1.95 bits per heavy atom. The third-order valence-electron chi connectivity index (χ3n) is 3.23. The van der Waals surface area contributed by atoms with Gasteiger partial charge in [0, 0.05) is 18.6 Å². The van der Waals surface area contributed by atoms with Gasteiger partial charge in [0.25, 0.3) is 0 Å². The van der Waals surface area contributed by atoms with Gasteiger partial charge >= 0.3 is 0 Å². The highest BCUT2D eigenvalue weighted by molar-refractivity contribution is 9.10. The van der Waals surface area contributed by atoms with Gasteiger partial charge in [-0.15, -0.1) is 0 Å².